The molecular formula is C17H21N3O3. The van der Waals surface area contributed by atoms with Gasteiger partial charge in [0.05, 0.1) is 13.2 Å². The summed E-state index contributed by atoms with van der Waals surface area (Å²) < 4.78 is 12.6. The average molecular weight is 315 g/mol. The average Bonchev–Trinajstić information content (AvgIpc) is 3.27. The molecule has 0 saturated heterocycles. The molecule has 1 fully saturated rings. The zero-order valence-corrected chi connectivity index (χ0v) is 13.1. The first kappa shape index (κ1) is 14.5. The quantitative estimate of drug-likeness (QED) is 0.916. The summed E-state index contributed by atoms with van der Waals surface area (Å²) >= 11 is 0. The smallest absolute Gasteiger partial charge is 0.231 e. The lowest BCUT2D eigenvalue weighted by molar-refractivity contribution is 0.174. The van der Waals surface area contributed by atoms with Crippen molar-refractivity contribution in [1.82, 2.24) is 14.8 Å². The second-order valence-corrected chi connectivity index (χ2v) is 6.18. The van der Waals surface area contributed by atoms with E-state index in [0.717, 1.165) is 28.7 Å². The van der Waals surface area contributed by atoms with E-state index in [9.17, 15) is 5.11 Å². The Kier molecular flexibility index (Phi) is 3.91. The van der Waals surface area contributed by atoms with Gasteiger partial charge in [-0.15, -0.1) is 0 Å². The van der Waals surface area contributed by atoms with Crippen molar-refractivity contribution in [2.75, 3.05) is 13.4 Å². The fraction of sp³-hybridized carbons (Fsp3) is 0.529. The molecule has 1 aliphatic carbocycles. The summed E-state index contributed by atoms with van der Waals surface area (Å²) in [5, 5.41) is 13.9. The number of hydrogen-bond acceptors (Lipinski definition) is 5. The van der Waals surface area contributed by atoms with Crippen molar-refractivity contribution in [3.8, 4) is 11.5 Å². The lowest BCUT2D eigenvalue weighted by Crippen LogP contribution is -2.09. The molecule has 0 unspecified atom stereocenters. The molecule has 1 N–H and O–H groups in total. The normalized spacial score (nSPS) is 17.1. The molecule has 122 valence electrons. The monoisotopic (exact) mass is 315 g/mol. The van der Waals surface area contributed by atoms with E-state index < -0.39 is 0 Å². The molecule has 0 amide bonds. The van der Waals surface area contributed by atoms with Crippen LogP contribution < -0.4 is 9.47 Å². The van der Waals surface area contributed by atoms with Crippen LogP contribution in [-0.2, 0) is 13.0 Å². The van der Waals surface area contributed by atoms with Crippen LogP contribution in [0.5, 0.6) is 11.5 Å². The van der Waals surface area contributed by atoms with Crippen molar-refractivity contribution in [2.45, 2.75) is 44.6 Å². The molecule has 6 heteroatoms. The van der Waals surface area contributed by atoms with Gasteiger partial charge in [-0.3, -0.25) is 0 Å². The van der Waals surface area contributed by atoms with Gasteiger partial charge in [0.1, 0.15) is 5.82 Å². The molecule has 0 bridgehead atoms. The summed E-state index contributed by atoms with van der Waals surface area (Å²) in [6.07, 6.45) is 5.54. The highest BCUT2D eigenvalue weighted by Gasteiger charge is 2.23. The third-order valence-corrected chi connectivity index (χ3v) is 4.60. The van der Waals surface area contributed by atoms with Crippen molar-refractivity contribution < 1.29 is 14.6 Å². The highest BCUT2D eigenvalue weighted by Crippen LogP contribution is 2.34. The third kappa shape index (κ3) is 2.91. The highest BCUT2D eigenvalue weighted by molar-refractivity contribution is 5.45. The molecule has 0 radical (unpaired) electrons. The molecule has 2 aromatic rings. The summed E-state index contributed by atoms with van der Waals surface area (Å²) in [5.74, 6) is 3.89. The van der Waals surface area contributed by atoms with Crippen LogP contribution in [0.15, 0.2) is 18.2 Å². The molecule has 6 nitrogen and oxygen atoms in total. The van der Waals surface area contributed by atoms with Gasteiger partial charge in [0.25, 0.3) is 0 Å². The third-order valence-electron chi connectivity index (χ3n) is 4.60. The SMILES string of the molecule is OCCn1nc(C2CCCC2)nc1Cc1ccc2c(c1)OCO2. The number of ether oxygens (including phenoxy) is 2. The van der Waals surface area contributed by atoms with Gasteiger partial charge in [0.2, 0.25) is 6.79 Å². The van der Waals surface area contributed by atoms with E-state index in [2.05, 4.69) is 5.10 Å². The number of aliphatic hydroxyl groups excluding tert-OH is 1. The number of fused-ring (bicyclic) bond motifs is 1. The lowest BCUT2D eigenvalue weighted by atomic mass is 10.1. The first-order chi connectivity index (χ1) is 11.3. The van der Waals surface area contributed by atoms with Crippen LogP contribution in [-0.4, -0.2) is 33.3 Å². The maximum Gasteiger partial charge on any atom is 0.231 e. The molecule has 2 heterocycles. The van der Waals surface area contributed by atoms with Crippen molar-refractivity contribution in [3.05, 3.63) is 35.4 Å². The number of rotatable bonds is 5. The molecule has 23 heavy (non-hydrogen) atoms. The maximum absolute atomic E-state index is 9.29. The van der Waals surface area contributed by atoms with Gasteiger partial charge in [0.15, 0.2) is 17.3 Å². The molecule has 1 saturated carbocycles. The molecule has 0 atom stereocenters. The summed E-state index contributed by atoms with van der Waals surface area (Å²) in [4.78, 5) is 4.77. The largest absolute Gasteiger partial charge is 0.454 e. The van der Waals surface area contributed by atoms with E-state index in [-0.39, 0.29) is 13.4 Å². The number of aromatic nitrogens is 3. The number of aliphatic hydroxyl groups is 1. The fourth-order valence-corrected chi connectivity index (χ4v) is 3.39. The van der Waals surface area contributed by atoms with Gasteiger partial charge in [-0.2, -0.15) is 5.10 Å². The Morgan fingerprint density at radius 3 is 2.83 bits per heavy atom. The summed E-state index contributed by atoms with van der Waals surface area (Å²) in [5.41, 5.74) is 1.11. The number of nitrogens with zero attached hydrogens (tertiary/aromatic N) is 3. The minimum absolute atomic E-state index is 0.0710. The Balaban J connectivity index is 1.59. The van der Waals surface area contributed by atoms with Crippen LogP contribution in [0.2, 0.25) is 0 Å². The Morgan fingerprint density at radius 1 is 1.17 bits per heavy atom. The van der Waals surface area contributed by atoms with Crippen LogP contribution in [0.25, 0.3) is 0 Å². The standard InChI is InChI=1S/C17H21N3O3/c21-8-7-20-16(18-17(19-20)13-3-1-2-4-13)10-12-5-6-14-15(9-12)23-11-22-14/h5-6,9,13,21H,1-4,7-8,10-11H2. The molecular weight excluding hydrogens is 294 g/mol. The minimum atomic E-state index is 0.0710. The van der Waals surface area contributed by atoms with Gasteiger partial charge in [-0.05, 0) is 30.5 Å². The van der Waals surface area contributed by atoms with Crippen LogP contribution in [0.1, 0.15) is 48.8 Å². The van der Waals surface area contributed by atoms with E-state index in [4.69, 9.17) is 14.5 Å². The topological polar surface area (TPSA) is 69.4 Å². The van der Waals surface area contributed by atoms with Crippen LogP contribution in [0, 0.1) is 0 Å². The molecule has 1 aromatic heterocycles. The zero-order chi connectivity index (χ0) is 15.6. The number of hydrogen-bond donors (Lipinski definition) is 1. The Hall–Kier alpha value is -2.08. The molecule has 2 aliphatic rings. The molecule has 4 rings (SSSR count). The predicted octanol–water partition coefficient (Wildman–Crippen LogP) is 2.25. The maximum atomic E-state index is 9.29. The Labute approximate surface area is 135 Å². The molecule has 1 aliphatic heterocycles. The van der Waals surface area contributed by atoms with E-state index in [1.807, 2.05) is 22.9 Å². The van der Waals surface area contributed by atoms with E-state index in [0.29, 0.717) is 18.9 Å². The first-order valence-corrected chi connectivity index (χ1v) is 8.26. The van der Waals surface area contributed by atoms with Gasteiger partial charge >= 0.3 is 0 Å². The van der Waals surface area contributed by atoms with Crippen molar-refractivity contribution in [3.63, 3.8) is 0 Å². The molecule has 0 spiro atoms. The van der Waals surface area contributed by atoms with Crippen molar-refractivity contribution >= 4 is 0 Å². The predicted molar refractivity (Wildman–Crippen MR) is 83.7 cm³/mol. The number of benzene rings is 1. The Bertz CT molecular complexity index is 692. The first-order valence-electron chi connectivity index (χ1n) is 8.26. The second kappa shape index (κ2) is 6.20. The van der Waals surface area contributed by atoms with E-state index in [1.165, 1.54) is 25.7 Å². The fourth-order valence-electron chi connectivity index (χ4n) is 3.39. The summed E-state index contributed by atoms with van der Waals surface area (Å²) in [7, 11) is 0. The molecule has 1 aromatic carbocycles. The van der Waals surface area contributed by atoms with Gasteiger partial charge in [-0.1, -0.05) is 18.9 Å². The van der Waals surface area contributed by atoms with Gasteiger partial charge in [-0.25, -0.2) is 9.67 Å². The highest BCUT2D eigenvalue weighted by atomic mass is 16.7. The van der Waals surface area contributed by atoms with Crippen molar-refractivity contribution in [2.24, 2.45) is 0 Å². The Morgan fingerprint density at radius 2 is 2.00 bits per heavy atom. The lowest BCUT2D eigenvalue weighted by Gasteiger charge is -2.05. The van der Waals surface area contributed by atoms with E-state index in [1.54, 1.807) is 0 Å². The zero-order valence-electron chi connectivity index (χ0n) is 13.1. The van der Waals surface area contributed by atoms with Gasteiger partial charge in [0, 0.05) is 12.3 Å². The minimum Gasteiger partial charge on any atom is -0.454 e. The van der Waals surface area contributed by atoms with Crippen LogP contribution in [0.3, 0.4) is 0 Å². The van der Waals surface area contributed by atoms with Crippen molar-refractivity contribution in [1.29, 1.82) is 0 Å². The van der Waals surface area contributed by atoms with Crippen LogP contribution in [0.4, 0.5) is 0 Å². The van der Waals surface area contributed by atoms with Crippen LogP contribution >= 0.6 is 0 Å². The summed E-state index contributed by atoms with van der Waals surface area (Å²) in [6, 6.07) is 5.96. The second-order valence-electron chi connectivity index (χ2n) is 6.18. The van der Waals surface area contributed by atoms with Gasteiger partial charge < -0.3 is 14.6 Å². The van der Waals surface area contributed by atoms with E-state index >= 15 is 0 Å². The summed E-state index contributed by atoms with van der Waals surface area (Å²) in [6.45, 7) is 0.840.